The Labute approximate surface area is 135 Å². The predicted molar refractivity (Wildman–Crippen MR) is 92.0 cm³/mol. The van der Waals surface area contributed by atoms with Crippen LogP contribution in [0.5, 0.6) is 11.5 Å². The van der Waals surface area contributed by atoms with Crippen LogP contribution in [0.25, 0.3) is 0 Å². The van der Waals surface area contributed by atoms with Gasteiger partial charge in [-0.15, -0.1) is 0 Å². The van der Waals surface area contributed by atoms with Crippen LogP contribution in [0.1, 0.15) is 19.4 Å². The Kier molecular flexibility index (Phi) is 5.28. The molecule has 0 bridgehead atoms. The maximum atomic E-state index is 10.1. The predicted octanol–water partition coefficient (Wildman–Crippen LogP) is 4.35. The van der Waals surface area contributed by atoms with E-state index >= 15 is 0 Å². The molecule has 0 amide bonds. The van der Waals surface area contributed by atoms with Crippen molar-refractivity contribution in [3.05, 3.63) is 47.0 Å². The lowest BCUT2D eigenvalue weighted by Crippen LogP contribution is -2.21. The number of aromatic hydroxyl groups is 2. The molecule has 0 aliphatic rings. The minimum Gasteiger partial charge on any atom is -0.507 e. The molecule has 0 aromatic heterocycles. The number of anilines is 1. The fraction of sp³-hybridized carbons (Fsp3) is 0.235. The Morgan fingerprint density at radius 2 is 1.77 bits per heavy atom. The molecular formula is C17H19ClN2O2. The molecule has 2 N–H and O–H groups in total. The average Bonchev–Trinajstić information content (AvgIpc) is 2.51. The van der Waals surface area contributed by atoms with Crippen molar-refractivity contribution in [1.82, 2.24) is 0 Å². The third-order valence-electron chi connectivity index (χ3n) is 3.42. The molecule has 0 spiro atoms. The van der Waals surface area contributed by atoms with Gasteiger partial charge in [-0.1, -0.05) is 11.6 Å². The monoisotopic (exact) mass is 318 g/mol. The molecule has 0 aliphatic carbocycles. The molecule has 0 fully saturated rings. The lowest BCUT2D eigenvalue weighted by Gasteiger charge is -2.21. The number of benzene rings is 2. The minimum atomic E-state index is 0.0416. The SMILES string of the molecule is CCN(CC)c1ccc(C=Nc2cc(Cl)ccc2O)c(O)c1. The summed E-state index contributed by atoms with van der Waals surface area (Å²) in [6, 6.07) is 10.1. The van der Waals surface area contributed by atoms with Gasteiger partial charge in [0.1, 0.15) is 17.2 Å². The fourth-order valence-corrected chi connectivity index (χ4v) is 2.33. The van der Waals surface area contributed by atoms with Gasteiger partial charge in [0.05, 0.1) is 0 Å². The zero-order valence-electron chi connectivity index (χ0n) is 12.6. The first-order valence-electron chi connectivity index (χ1n) is 7.15. The van der Waals surface area contributed by atoms with E-state index in [4.69, 9.17) is 11.6 Å². The van der Waals surface area contributed by atoms with E-state index < -0.39 is 0 Å². The summed E-state index contributed by atoms with van der Waals surface area (Å²) in [7, 11) is 0. The Hall–Kier alpha value is -2.20. The fourth-order valence-electron chi connectivity index (χ4n) is 2.17. The molecule has 0 saturated heterocycles. The zero-order valence-corrected chi connectivity index (χ0v) is 13.4. The number of hydrogen-bond donors (Lipinski definition) is 2. The van der Waals surface area contributed by atoms with Gasteiger partial charge in [-0.05, 0) is 44.2 Å². The molecule has 0 atom stereocenters. The standard InChI is InChI=1S/C17H19ClN2O2/c1-3-20(4-2)14-7-5-12(17(22)10-14)11-19-15-9-13(18)6-8-16(15)21/h5-11,21-22H,3-4H2,1-2H3. The molecule has 0 heterocycles. The third kappa shape index (κ3) is 3.71. The van der Waals surface area contributed by atoms with Gasteiger partial charge in [0.2, 0.25) is 0 Å². The average molecular weight is 319 g/mol. The highest BCUT2D eigenvalue weighted by atomic mass is 35.5. The van der Waals surface area contributed by atoms with E-state index in [-0.39, 0.29) is 11.5 Å². The molecule has 22 heavy (non-hydrogen) atoms. The van der Waals surface area contributed by atoms with Crippen LogP contribution in [-0.2, 0) is 0 Å². The smallest absolute Gasteiger partial charge is 0.141 e. The Bertz CT molecular complexity index is 682. The number of phenolic OH excluding ortho intramolecular Hbond substituents is 2. The van der Waals surface area contributed by atoms with Crippen molar-refractivity contribution in [1.29, 1.82) is 0 Å². The summed E-state index contributed by atoms with van der Waals surface area (Å²) in [5.74, 6) is 0.189. The molecule has 0 aliphatic heterocycles. The summed E-state index contributed by atoms with van der Waals surface area (Å²) in [5, 5.41) is 20.3. The highest BCUT2D eigenvalue weighted by Crippen LogP contribution is 2.30. The van der Waals surface area contributed by atoms with Crippen molar-refractivity contribution in [2.75, 3.05) is 18.0 Å². The summed E-state index contributed by atoms with van der Waals surface area (Å²) in [6.07, 6.45) is 1.51. The van der Waals surface area contributed by atoms with Crippen LogP contribution in [-0.4, -0.2) is 29.5 Å². The van der Waals surface area contributed by atoms with Gasteiger partial charge in [0.15, 0.2) is 0 Å². The van der Waals surface area contributed by atoms with Gasteiger partial charge in [-0.3, -0.25) is 4.99 Å². The van der Waals surface area contributed by atoms with E-state index in [1.165, 1.54) is 12.3 Å². The summed E-state index contributed by atoms with van der Waals surface area (Å²) >= 11 is 5.88. The molecule has 2 aromatic rings. The summed E-state index contributed by atoms with van der Waals surface area (Å²) in [4.78, 5) is 6.32. The van der Waals surface area contributed by atoms with Crippen LogP contribution in [0, 0.1) is 0 Å². The number of nitrogens with zero attached hydrogens (tertiary/aromatic N) is 2. The molecule has 2 aromatic carbocycles. The van der Waals surface area contributed by atoms with Gasteiger partial charge in [0.25, 0.3) is 0 Å². The normalized spacial score (nSPS) is 11.0. The molecule has 2 rings (SSSR count). The first-order chi connectivity index (χ1) is 10.5. The second-order valence-electron chi connectivity index (χ2n) is 4.81. The minimum absolute atomic E-state index is 0.0416. The molecule has 4 nitrogen and oxygen atoms in total. The van der Waals surface area contributed by atoms with Crippen LogP contribution in [0.3, 0.4) is 0 Å². The zero-order chi connectivity index (χ0) is 16.1. The topological polar surface area (TPSA) is 56.1 Å². The quantitative estimate of drug-likeness (QED) is 0.806. The van der Waals surface area contributed by atoms with Crippen molar-refractivity contribution in [3.8, 4) is 11.5 Å². The van der Waals surface area contributed by atoms with Gasteiger partial charge < -0.3 is 15.1 Å². The van der Waals surface area contributed by atoms with E-state index in [2.05, 4.69) is 23.7 Å². The number of aliphatic imine (C=N–C) groups is 1. The molecule has 116 valence electrons. The number of hydrogen-bond acceptors (Lipinski definition) is 4. The van der Waals surface area contributed by atoms with Gasteiger partial charge in [-0.25, -0.2) is 0 Å². The molecule has 5 heteroatoms. The summed E-state index contributed by atoms with van der Waals surface area (Å²) < 4.78 is 0. The van der Waals surface area contributed by atoms with Crippen LogP contribution in [0.2, 0.25) is 5.02 Å². The number of phenols is 2. The van der Waals surface area contributed by atoms with E-state index in [1.54, 1.807) is 24.3 Å². The van der Waals surface area contributed by atoms with Crippen molar-refractivity contribution in [2.45, 2.75) is 13.8 Å². The first-order valence-corrected chi connectivity index (χ1v) is 7.53. The van der Waals surface area contributed by atoms with Crippen molar-refractivity contribution in [3.63, 3.8) is 0 Å². The molecular weight excluding hydrogens is 300 g/mol. The maximum absolute atomic E-state index is 10.1. The van der Waals surface area contributed by atoms with Gasteiger partial charge in [0, 0.05) is 41.6 Å². The van der Waals surface area contributed by atoms with Crippen LogP contribution < -0.4 is 4.90 Å². The highest BCUT2D eigenvalue weighted by Gasteiger charge is 2.06. The van der Waals surface area contributed by atoms with E-state index in [1.807, 2.05) is 6.07 Å². The summed E-state index contributed by atoms with van der Waals surface area (Å²) in [6.45, 7) is 5.88. The molecule has 0 saturated carbocycles. The van der Waals surface area contributed by atoms with Crippen LogP contribution in [0.15, 0.2) is 41.4 Å². The first kappa shape index (κ1) is 16.2. The van der Waals surface area contributed by atoms with E-state index in [0.29, 0.717) is 16.3 Å². The van der Waals surface area contributed by atoms with Gasteiger partial charge in [-0.2, -0.15) is 0 Å². The van der Waals surface area contributed by atoms with Crippen LogP contribution in [0.4, 0.5) is 11.4 Å². The molecule has 0 radical (unpaired) electrons. The van der Waals surface area contributed by atoms with E-state index in [0.717, 1.165) is 18.8 Å². The van der Waals surface area contributed by atoms with Crippen molar-refractivity contribution < 1.29 is 10.2 Å². The highest BCUT2D eigenvalue weighted by molar-refractivity contribution is 6.30. The molecule has 0 unspecified atom stereocenters. The second-order valence-corrected chi connectivity index (χ2v) is 5.24. The lowest BCUT2D eigenvalue weighted by molar-refractivity contribution is 0.474. The Morgan fingerprint density at radius 3 is 2.41 bits per heavy atom. The number of halogens is 1. The Morgan fingerprint density at radius 1 is 1.05 bits per heavy atom. The van der Waals surface area contributed by atoms with Crippen LogP contribution >= 0.6 is 11.6 Å². The van der Waals surface area contributed by atoms with Gasteiger partial charge >= 0.3 is 0 Å². The van der Waals surface area contributed by atoms with Crippen molar-refractivity contribution >= 4 is 29.2 Å². The second kappa shape index (κ2) is 7.18. The third-order valence-corrected chi connectivity index (χ3v) is 3.66. The Balaban J connectivity index is 2.26. The maximum Gasteiger partial charge on any atom is 0.141 e. The largest absolute Gasteiger partial charge is 0.507 e. The van der Waals surface area contributed by atoms with E-state index in [9.17, 15) is 10.2 Å². The number of rotatable bonds is 5. The summed E-state index contributed by atoms with van der Waals surface area (Å²) in [5.41, 5.74) is 1.90. The van der Waals surface area contributed by atoms with Crippen molar-refractivity contribution in [2.24, 2.45) is 4.99 Å². The lowest BCUT2D eigenvalue weighted by atomic mass is 10.2.